The minimum Gasteiger partial charge on any atom is -0.396 e. The summed E-state index contributed by atoms with van der Waals surface area (Å²) in [5.74, 6) is -0.254. The van der Waals surface area contributed by atoms with Gasteiger partial charge in [0, 0.05) is 12.8 Å². The molecule has 0 spiro atoms. The molecular formula is C9H12FNO. The molecule has 0 aliphatic rings. The fourth-order valence-corrected chi connectivity index (χ4v) is 1.01. The molecule has 66 valence electrons. The lowest BCUT2D eigenvalue weighted by Gasteiger charge is -1.99. The van der Waals surface area contributed by atoms with Gasteiger partial charge in [-0.1, -0.05) is 0 Å². The minimum atomic E-state index is -0.254. The Morgan fingerprint density at radius 3 is 2.92 bits per heavy atom. The van der Waals surface area contributed by atoms with E-state index < -0.39 is 0 Å². The molecule has 12 heavy (non-hydrogen) atoms. The summed E-state index contributed by atoms with van der Waals surface area (Å²) in [4.78, 5) is 3.89. The molecule has 3 heteroatoms. The van der Waals surface area contributed by atoms with Crippen LogP contribution in [0.1, 0.15) is 18.5 Å². The molecule has 0 aromatic carbocycles. The molecule has 0 radical (unpaired) electrons. The van der Waals surface area contributed by atoms with Crippen LogP contribution in [0.2, 0.25) is 0 Å². The molecule has 1 rings (SSSR count). The number of rotatable bonds is 4. The SMILES string of the molecule is OCCCCc1ncccc1F. The highest BCUT2D eigenvalue weighted by Crippen LogP contribution is 2.06. The number of aliphatic hydroxyl groups excluding tert-OH is 1. The van der Waals surface area contributed by atoms with Gasteiger partial charge in [0.2, 0.25) is 0 Å². The predicted molar refractivity (Wildman–Crippen MR) is 44.2 cm³/mol. The second kappa shape index (κ2) is 4.83. The second-order valence-electron chi connectivity index (χ2n) is 2.61. The van der Waals surface area contributed by atoms with Crippen LogP contribution in [0.5, 0.6) is 0 Å². The van der Waals surface area contributed by atoms with E-state index in [1.807, 2.05) is 0 Å². The van der Waals surface area contributed by atoms with Crippen LogP contribution in [-0.2, 0) is 6.42 Å². The molecule has 0 aliphatic heterocycles. The van der Waals surface area contributed by atoms with E-state index in [0.29, 0.717) is 18.5 Å². The lowest BCUT2D eigenvalue weighted by Crippen LogP contribution is -1.95. The molecule has 1 aromatic rings. The first-order chi connectivity index (χ1) is 5.84. The van der Waals surface area contributed by atoms with Crippen molar-refractivity contribution in [2.75, 3.05) is 6.61 Å². The lowest BCUT2D eigenvalue weighted by atomic mass is 10.2. The van der Waals surface area contributed by atoms with Gasteiger partial charge < -0.3 is 5.11 Å². The summed E-state index contributed by atoms with van der Waals surface area (Å²) in [5.41, 5.74) is 0.492. The number of aromatic nitrogens is 1. The van der Waals surface area contributed by atoms with Crippen LogP contribution in [0.25, 0.3) is 0 Å². The lowest BCUT2D eigenvalue weighted by molar-refractivity contribution is 0.284. The summed E-state index contributed by atoms with van der Waals surface area (Å²) in [6, 6.07) is 2.98. The third-order valence-corrected chi connectivity index (χ3v) is 1.66. The Morgan fingerprint density at radius 2 is 2.25 bits per heavy atom. The molecule has 0 saturated heterocycles. The van der Waals surface area contributed by atoms with Gasteiger partial charge in [-0.2, -0.15) is 0 Å². The zero-order valence-corrected chi connectivity index (χ0v) is 6.83. The van der Waals surface area contributed by atoms with Crippen LogP contribution in [0.4, 0.5) is 4.39 Å². The Balaban J connectivity index is 2.46. The van der Waals surface area contributed by atoms with E-state index in [9.17, 15) is 4.39 Å². The molecule has 1 aromatic heterocycles. The molecule has 0 amide bonds. The van der Waals surface area contributed by atoms with Crippen molar-refractivity contribution in [1.82, 2.24) is 4.98 Å². The van der Waals surface area contributed by atoms with Crippen LogP contribution in [0.3, 0.4) is 0 Å². The Kier molecular flexibility index (Phi) is 3.67. The summed E-state index contributed by atoms with van der Waals surface area (Å²) >= 11 is 0. The van der Waals surface area contributed by atoms with Crippen molar-refractivity contribution in [3.8, 4) is 0 Å². The van der Waals surface area contributed by atoms with Gasteiger partial charge in [-0.15, -0.1) is 0 Å². The van der Waals surface area contributed by atoms with Gasteiger partial charge in [0.1, 0.15) is 5.82 Å². The molecule has 0 fully saturated rings. The predicted octanol–water partition coefficient (Wildman–Crippen LogP) is 1.54. The summed E-state index contributed by atoms with van der Waals surface area (Å²) in [6.45, 7) is 0.161. The highest BCUT2D eigenvalue weighted by atomic mass is 19.1. The maximum absolute atomic E-state index is 12.9. The van der Waals surface area contributed by atoms with Crippen molar-refractivity contribution in [2.45, 2.75) is 19.3 Å². The zero-order valence-electron chi connectivity index (χ0n) is 6.83. The first-order valence-electron chi connectivity index (χ1n) is 4.05. The van der Waals surface area contributed by atoms with Gasteiger partial charge in [0.05, 0.1) is 5.69 Å². The quantitative estimate of drug-likeness (QED) is 0.693. The molecule has 0 bridgehead atoms. The largest absolute Gasteiger partial charge is 0.396 e. The number of aliphatic hydroxyl groups is 1. The molecular weight excluding hydrogens is 157 g/mol. The topological polar surface area (TPSA) is 33.1 Å². The average Bonchev–Trinajstić information content (AvgIpc) is 2.09. The number of nitrogens with zero attached hydrogens (tertiary/aromatic N) is 1. The molecule has 0 saturated carbocycles. The fraction of sp³-hybridized carbons (Fsp3) is 0.444. The minimum absolute atomic E-state index is 0.161. The Hall–Kier alpha value is -0.960. The summed E-state index contributed by atoms with van der Waals surface area (Å²) in [6.07, 6.45) is 3.67. The normalized spacial score (nSPS) is 10.2. The smallest absolute Gasteiger partial charge is 0.144 e. The average molecular weight is 169 g/mol. The fourth-order valence-electron chi connectivity index (χ4n) is 1.01. The first-order valence-corrected chi connectivity index (χ1v) is 4.05. The molecule has 0 atom stereocenters. The standard InChI is InChI=1S/C9H12FNO/c10-8-4-3-6-11-9(8)5-1-2-7-12/h3-4,6,12H,1-2,5,7H2. The van der Waals surface area contributed by atoms with Crippen LogP contribution in [0, 0.1) is 5.82 Å². The van der Waals surface area contributed by atoms with E-state index >= 15 is 0 Å². The Labute approximate surface area is 71.1 Å². The summed E-state index contributed by atoms with van der Waals surface area (Å²) < 4.78 is 12.9. The van der Waals surface area contributed by atoms with Crippen molar-refractivity contribution in [2.24, 2.45) is 0 Å². The number of aryl methyl sites for hydroxylation is 1. The van der Waals surface area contributed by atoms with Crippen molar-refractivity contribution < 1.29 is 9.50 Å². The third kappa shape index (κ3) is 2.58. The maximum Gasteiger partial charge on any atom is 0.144 e. The molecule has 0 unspecified atom stereocenters. The maximum atomic E-state index is 12.9. The third-order valence-electron chi connectivity index (χ3n) is 1.66. The van der Waals surface area contributed by atoms with Crippen LogP contribution >= 0.6 is 0 Å². The molecule has 2 nitrogen and oxygen atoms in total. The van der Waals surface area contributed by atoms with E-state index in [2.05, 4.69) is 4.98 Å². The van der Waals surface area contributed by atoms with Crippen LogP contribution < -0.4 is 0 Å². The highest BCUT2D eigenvalue weighted by molar-refractivity contribution is 5.06. The van der Waals surface area contributed by atoms with Crippen molar-refractivity contribution in [3.05, 3.63) is 29.8 Å². The van der Waals surface area contributed by atoms with Gasteiger partial charge in [-0.25, -0.2) is 4.39 Å². The van der Waals surface area contributed by atoms with E-state index in [0.717, 1.165) is 6.42 Å². The number of pyridine rings is 1. The van der Waals surface area contributed by atoms with Gasteiger partial charge in [0.15, 0.2) is 0 Å². The molecule has 1 N–H and O–H groups in total. The van der Waals surface area contributed by atoms with Gasteiger partial charge in [0.25, 0.3) is 0 Å². The van der Waals surface area contributed by atoms with Gasteiger partial charge in [-0.05, 0) is 31.4 Å². The highest BCUT2D eigenvalue weighted by Gasteiger charge is 2.00. The molecule has 1 heterocycles. The van der Waals surface area contributed by atoms with Gasteiger partial charge >= 0.3 is 0 Å². The van der Waals surface area contributed by atoms with Crippen molar-refractivity contribution in [3.63, 3.8) is 0 Å². The Morgan fingerprint density at radius 1 is 1.42 bits per heavy atom. The van der Waals surface area contributed by atoms with Gasteiger partial charge in [-0.3, -0.25) is 4.98 Å². The zero-order chi connectivity index (χ0) is 8.81. The number of halogens is 1. The van der Waals surface area contributed by atoms with E-state index in [4.69, 9.17) is 5.11 Å². The van der Waals surface area contributed by atoms with E-state index in [1.54, 1.807) is 12.3 Å². The monoisotopic (exact) mass is 169 g/mol. The van der Waals surface area contributed by atoms with E-state index in [1.165, 1.54) is 6.07 Å². The summed E-state index contributed by atoms with van der Waals surface area (Å²) in [5, 5.41) is 8.50. The molecule has 0 aliphatic carbocycles. The number of hydrogen-bond acceptors (Lipinski definition) is 2. The number of hydrogen-bond donors (Lipinski definition) is 1. The Bertz CT molecular complexity index is 240. The van der Waals surface area contributed by atoms with Crippen molar-refractivity contribution in [1.29, 1.82) is 0 Å². The first kappa shape index (κ1) is 9.13. The van der Waals surface area contributed by atoms with Crippen LogP contribution in [0.15, 0.2) is 18.3 Å². The second-order valence-corrected chi connectivity index (χ2v) is 2.61. The number of unbranched alkanes of at least 4 members (excludes halogenated alkanes) is 1. The summed E-state index contributed by atoms with van der Waals surface area (Å²) in [7, 11) is 0. The van der Waals surface area contributed by atoms with Crippen LogP contribution in [-0.4, -0.2) is 16.7 Å². The van der Waals surface area contributed by atoms with Crippen molar-refractivity contribution >= 4 is 0 Å². The van der Waals surface area contributed by atoms with E-state index in [-0.39, 0.29) is 12.4 Å².